The zero-order chi connectivity index (χ0) is 10.5. The molecular weight excluding hydrogens is 194 g/mol. The van der Waals surface area contributed by atoms with Crippen LogP contribution in [0.15, 0.2) is 46.5 Å². The summed E-state index contributed by atoms with van der Waals surface area (Å²) in [5.74, 6) is 0. The van der Waals surface area contributed by atoms with Gasteiger partial charge in [-0.2, -0.15) is 0 Å². The van der Waals surface area contributed by atoms with Crippen LogP contribution in [0.4, 0.5) is 5.69 Å². The largest absolute Gasteiger partial charge is 0.247 e. The summed E-state index contributed by atoms with van der Waals surface area (Å²) in [6.07, 6.45) is 7.52. The van der Waals surface area contributed by atoms with Gasteiger partial charge in [0.2, 0.25) is 0 Å². The number of hydrogen-bond donors (Lipinski definition) is 0. The number of allylic oxidation sites excluding steroid dienone is 4. The van der Waals surface area contributed by atoms with Gasteiger partial charge in [-0.1, -0.05) is 18.2 Å². The lowest BCUT2D eigenvalue weighted by Crippen LogP contribution is -2.02. The molecule has 3 aliphatic rings. The highest BCUT2D eigenvalue weighted by atomic mass is 14.8. The predicted molar refractivity (Wildman–Crippen MR) is 67.0 cm³/mol. The van der Waals surface area contributed by atoms with Gasteiger partial charge in [-0.15, -0.1) is 0 Å². The molecule has 0 saturated carbocycles. The van der Waals surface area contributed by atoms with Crippen molar-refractivity contribution in [3.8, 4) is 0 Å². The summed E-state index contributed by atoms with van der Waals surface area (Å²) in [6, 6.07) is 8.48. The summed E-state index contributed by atoms with van der Waals surface area (Å²) in [4.78, 5) is 4.79. The van der Waals surface area contributed by atoms with Crippen LogP contribution >= 0.6 is 0 Å². The molecule has 0 atom stereocenters. The maximum Gasteiger partial charge on any atom is 0.0751 e. The molecule has 2 aliphatic carbocycles. The van der Waals surface area contributed by atoms with Crippen molar-refractivity contribution in [2.45, 2.75) is 25.7 Å². The molecule has 1 aromatic rings. The van der Waals surface area contributed by atoms with Crippen molar-refractivity contribution in [3.05, 3.63) is 47.1 Å². The number of hydrogen-bond acceptors (Lipinski definition) is 1. The average molecular weight is 207 g/mol. The Kier molecular flexibility index (Phi) is 1.57. The van der Waals surface area contributed by atoms with E-state index in [-0.39, 0.29) is 0 Å². The standard InChI is InChI=1S/C15H13N/c1-2-6-11-10(5-1)9-13-12-7-3-4-8-14(12)16-15(11)13/h3-4,7-9H,1-2,5-6H2. The first kappa shape index (κ1) is 8.51. The molecule has 0 spiro atoms. The van der Waals surface area contributed by atoms with E-state index in [9.17, 15) is 0 Å². The Balaban J connectivity index is 1.91. The fraction of sp³-hybridized carbons (Fsp3) is 0.267. The SMILES string of the molecule is C1=C2C(=Nc3ccccc32)C2=C1CCCC2. The lowest BCUT2D eigenvalue weighted by atomic mass is 9.92. The molecule has 78 valence electrons. The quantitative estimate of drug-likeness (QED) is 0.608. The molecule has 0 fully saturated rings. The number of aliphatic imine (C=N–C) groups is 1. The van der Waals surface area contributed by atoms with Crippen molar-refractivity contribution in [1.82, 2.24) is 0 Å². The molecule has 1 nitrogen and oxygen atoms in total. The van der Waals surface area contributed by atoms with E-state index in [4.69, 9.17) is 4.99 Å². The van der Waals surface area contributed by atoms with Crippen LogP contribution in [0.5, 0.6) is 0 Å². The molecule has 0 unspecified atom stereocenters. The van der Waals surface area contributed by atoms with Crippen LogP contribution in [0.3, 0.4) is 0 Å². The van der Waals surface area contributed by atoms with Crippen LogP contribution < -0.4 is 0 Å². The number of rotatable bonds is 0. The average Bonchev–Trinajstić information content (AvgIpc) is 2.85. The minimum Gasteiger partial charge on any atom is -0.247 e. The normalized spacial score (nSPS) is 21.2. The minimum atomic E-state index is 1.15. The van der Waals surface area contributed by atoms with Gasteiger partial charge in [0.05, 0.1) is 11.4 Å². The Morgan fingerprint density at radius 2 is 1.88 bits per heavy atom. The first-order chi connectivity index (χ1) is 7.93. The number of para-hydroxylation sites is 1. The molecule has 0 N–H and O–H groups in total. The Morgan fingerprint density at radius 3 is 2.88 bits per heavy atom. The summed E-state index contributed by atoms with van der Waals surface area (Å²) in [6.45, 7) is 0. The van der Waals surface area contributed by atoms with Crippen LogP contribution in [0.25, 0.3) is 5.57 Å². The molecule has 1 aliphatic heterocycles. The van der Waals surface area contributed by atoms with E-state index in [1.54, 1.807) is 5.57 Å². The monoisotopic (exact) mass is 207 g/mol. The zero-order valence-electron chi connectivity index (χ0n) is 9.16. The van der Waals surface area contributed by atoms with Crippen molar-refractivity contribution < 1.29 is 0 Å². The molecule has 1 heteroatoms. The molecular formula is C15H13N. The first-order valence-electron chi connectivity index (χ1n) is 6.06. The Bertz CT molecular complexity index is 565. The van der Waals surface area contributed by atoms with Crippen molar-refractivity contribution in [2.24, 2.45) is 4.99 Å². The lowest BCUT2D eigenvalue weighted by molar-refractivity contribution is 0.702. The van der Waals surface area contributed by atoms with Crippen molar-refractivity contribution in [2.75, 3.05) is 0 Å². The van der Waals surface area contributed by atoms with Gasteiger partial charge < -0.3 is 0 Å². The molecule has 0 saturated heterocycles. The Labute approximate surface area is 95.2 Å². The second-order valence-corrected chi connectivity index (χ2v) is 4.75. The van der Waals surface area contributed by atoms with E-state index in [0.717, 1.165) is 5.69 Å². The third-order valence-corrected chi connectivity index (χ3v) is 3.80. The fourth-order valence-electron chi connectivity index (χ4n) is 3.02. The maximum absolute atomic E-state index is 4.79. The topological polar surface area (TPSA) is 12.4 Å². The predicted octanol–water partition coefficient (Wildman–Crippen LogP) is 4.04. The summed E-state index contributed by atoms with van der Waals surface area (Å²) >= 11 is 0. The number of benzene rings is 1. The van der Waals surface area contributed by atoms with Gasteiger partial charge in [-0.25, -0.2) is 4.99 Å². The molecule has 1 heterocycles. The summed E-state index contributed by atoms with van der Waals surface area (Å²) < 4.78 is 0. The van der Waals surface area contributed by atoms with Crippen LogP contribution in [0.1, 0.15) is 31.2 Å². The Hall–Kier alpha value is -1.63. The molecule has 0 radical (unpaired) electrons. The van der Waals surface area contributed by atoms with Crippen molar-refractivity contribution in [1.29, 1.82) is 0 Å². The summed E-state index contributed by atoms with van der Waals surface area (Å²) in [5.41, 5.74) is 8.21. The highest BCUT2D eigenvalue weighted by molar-refractivity contribution is 6.38. The van der Waals surface area contributed by atoms with Crippen molar-refractivity contribution in [3.63, 3.8) is 0 Å². The van der Waals surface area contributed by atoms with Gasteiger partial charge in [0.1, 0.15) is 0 Å². The van der Waals surface area contributed by atoms with Gasteiger partial charge >= 0.3 is 0 Å². The van der Waals surface area contributed by atoms with Crippen LogP contribution in [0, 0.1) is 0 Å². The van der Waals surface area contributed by atoms with E-state index in [0.29, 0.717) is 0 Å². The minimum absolute atomic E-state index is 1.15. The molecule has 0 bridgehead atoms. The van der Waals surface area contributed by atoms with Crippen molar-refractivity contribution >= 4 is 17.0 Å². The van der Waals surface area contributed by atoms with Gasteiger partial charge in [0.25, 0.3) is 0 Å². The third-order valence-electron chi connectivity index (χ3n) is 3.80. The van der Waals surface area contributed by atoms with E-state index >= 15 is 0 Å². The van der Waals surface area contributed by atoms with Crippen LogP contribution in [-0.4, -0.2) is 5.71 Å². The molecule has 4 rings (SSSR count). The summed E-state index contributed by atoms with van der Waals surface area (Å²) in [5, 5.41) is 0. The smallest absolute Gasteiger partial charge is 0.0751 e. The van der Waals surface area contributed by atoms with E-state index in [1.165, 1.54) is 48.1 Å². The van der Waals surface area contributed by atoms with Gasteiger partial charge in [-0.05, 0) is 49.0 Å². The van der Waals surface area contributed by atoms with Crippen LogP contribution in [0.2, 0.25) is 0 Å². The van der Waals surface area contributed by atoms with E-state index < -0.39 is 0 Å². The molecule has 16 heavy (non-hydrogen) atoms. The van der Waals surface area contributed by atoms with E-state index in [1.807, 2.05) is 0 Å². The molecule has 0 amide bonds. The number of nitrogens with zero attached hydrogens (tertiary/aromatic N) is 1. The highest BCUT2D eigenvalue weighted by Crippen LogP contribution is 2.45. The second kappa shape index (κ2) is 2.94. The zero-order valence-corrected chi connectivity index (χ0v) is 9.16. The molecule has 1 aromatic carbocycles. The van der Waals surface area contributed by atoms with Gasteiger partial charge in [0.15, 0.2) is 0 Å². The summed E-state index contributed by atoms with van der Waals surface area (Å²) in [7, 11) is 0. The van der Waals surface area contributed by atoms with Crippen LogP contribution in [-0.2, 0) is 0 Å². The van der Waals surface area contributed by atoms with E-state index in [2.05, 4.69) is 30.3 Å². The number of fused-ring (bicyclic) bond motifs is 4. The third kappa shape index (κ3) is 0.981. The molecule has 0 aromatic heterocycles. The second-order valence-electron chi connectivity index (χ2n) is 4.75. The lowest BCUT2D eigenvalue weighted by Gasteiger charge is -2.13. The Morgan fingerprint density at radius 1 is 1.00 bits per heavy atom. The fourth-order valence-corrected chi connectivity index (χ4v) is 3.02. The van der Waals surface area contributed by atoms with Gasteiger partial charge in [-0.3, -0.25) is 0 Å². The van der Waals surface area contributed by atoms with Gasteiger partial charge in [0, 0.05) is 11.1 Å². The highest BCUT2D eigenvalue weighted by Gasteiger charge is 2.30. The maximum atomic E-state index is 4.79. The first-order valence-corrected chi connectivity index (χ1v) is 6.06.